The zero-order valence-corrected chi connectivity index (χ0v) is 16.7. The standard InChI is InChI=1S/C24H21N3O2/c1-4-21-20-12-23(29-3)22(28-2)11-19(20)17(14-26-21)10-18-9-8-15-6-5-7-16(13-25)24(15)27-18/h5-9,11-12,14H,4,10H2,1-3H3. The maximum atomic E-state index is 9.40. The van der Waals surface area contributed by atoms with E-state index in [1.54, 1.807) is 20.3 Å². The van der Waals surface area contributed by atoms with Gasteiger partial charge < -0.3 is 9.47 Å². The van der Waals surface area contributed by atoms with Crippen LogP contribution in [0.2, 0.25) is 0 Å². The van der Waals surface area contributed by atoms with E-state index in [1.807, 2.05) is 42.6 Å². The molecule has 0 bridgehead atoms. The van der Waals surface area contributed by atoms with Crippen LogP contribution >= 0.6 is 0 Å². The second-order valence-electron chi connectivity index (χ2n) is 6.80. The molecule has 0 saturated carbocycles. The average molecular weight is 383 g/mol. The van der Waals surface area contributed by atoms with E-state index >= 15 is 0 Å². The molecule has 5 heteroatoms. The van der Waals surface area contributed by atoms with Gasteiger partial charge in [0.2, 0.25) is 0 Å². The summed E-state index contributed by atoms with van der Waals surface area (Å²) in [5.74, 6) is 1.38. The fourth-order valence-electron chi connectivity index (χ4n) is 3.67. The van der Waals surface area contributed by atoms with Crippen LogP contribution in [0, 0.1) is 11.3 Å². The van der Waals surface area contributed by atoms with E-state index in [2.05, 4.69) is 18.0 Å². The number of benzene rings is 2. The van der Waals surface area contributed by atoms with Gasteiger partial charge in [0.05, 0.1) is 25.3 Å². The Balaban J connectivity index is 1.86. The predicted molar refractivity (Wildman–Crippen MR) is 113 cm³/mol. The highest BCUT2D eigenvalue weighted by atomic mass is 16.5. The molecule has 5 nitrogen and oxygen atoms in total. The van der Waals surface area contributed by atoms with Gasteiger partial charge in [-0.1, -0.05) is 25.1 Å². The number of pyridine rings is 2. The number of methoxy groups -OCH3 is 2. The number of ether oxygens (including phenoxy) is 2. The van der Waals surface area contributed by atoms with Crippen molar-refractivity contribution < 1.29 is 9.47 Å². The quantitative estimate of drug-likeness (QED) is 0.494. The summed E-state index contributed by atoms with van der Waals surface area (Å²) >= 11 is 0. The van der Waals surface area contributed by atoms with E-state index in [0.29, 0.717) is 23.5 Å². The number of aryl methyl sites for hydroxylation is 1. The molecule has 144 valence electrons. The Bertz CT molecular complexity index is 1260. The number of hydrogen-bond acceptors (Lipinski definition) is 5. The minimum Gasteiger partial charge on any atom is -0.493 e. The normalized spacial score (nSPS) is 10.8. The Hall–Kier alpha value is -3.65. The van der Waals surface area contributed by atoms with E-state index in [9.17, 15) is 5.26 Å². The number of nitrogens with zero attached hydrogens (tertiary/aromatic N) is 3. The van der Waals surface area contributed by atoms with Crippen LogP contribution in [0.25, 0.3) is 21.7 Å². The minimum atomic E-state index is 0.583. The van der Waals surface area contributed by atoms with Crippen molar-refractivity contribution in [3.63, 3.8) is 0 Å². The molecule has 0 radical (unpaired) electrons. The molecule has 0 N–H and O–H groups in total. The smallest absolute Gasteiger partial charge is 0.161 e. The summed E-state index contributed by atoms with van der Waals surface area (Å²) in [7, 11) is 3.28. The van der Waals surface area contributed by atoms with E-state index in [0.717, 1.165) is 45.0 Å². The van der Waals surface area contributed by atoms with Gasteiger partial charge in [-0.25, -0.2) is 0 Å². The maximum absolute atomic E-state index is 9.40. The van der Waals surface area contributed by atoms with Gasteiger partial charge in [0, 0.05) is 34.8 Å². The average Bonchev–Trinajstić information content (AvgIpc) is 2.77. The molecule has 29 heavy (non-hydrogen) atoms. The molecule has 4 aromatic rings. The van der Waals surface area contributed by atoms with Crippen molar-refractivity contribution in [3.05, 3.63) is 71.2 Å². The number of nitriles is 1. The van der Waals surface area contributed by atoms with Gasteiger partial charge >= 0.3 is 0 Å². The highest BCUT2D eigenvalue weighted by Gasteiger charge is 2.14. The number of hydrogen-bond donors (Lipinski definition) is 0. The highest BCUT2D eigenvalue weighted by Crippen LogP contribution is 2.35. The summed E-state index contributed by atoms with van der Waals surface area (Å²) < 4.78 is 11.0. The van der Waals surface area contributed by atoms with Gasteiger partial charge in [-0.3, -0.25) is 9.97 Å². The van der Waals surface area contributed by atoms with Crippen molar-refractivity contribution >= 4 is 21.7 Å². The fraction of sp³-hybridized carbons (Fsp3) is 0.208. The molecule has 0 aliphatic heterocycles. The first-order chi connectivity index (χ1) is 14.2. The first-order valence-electron chi connectivity index (χ1n) is 9.49. The number of aromatic nitrogens is 2. The summed E-state index contributed by atoms with van der Waals surface area (Å²) in [5, 5.41) is 12.5. The van der Waals surface area contributed by atoms with Crippen LogP contribution in [0.3, 0.4) is 0 Å². The predicted octanol–water partition coefficient (Wildman–Crippen LogP) is 4.83. The Kier molecular flexibility index (Phi) is 5.01. The molecule has 2 heterocycles. The molecule has 2 aromatic heterocycles. The zero-order valence-electron chi connectivity index (χ0n) is 16.7. The van der Waals surface area contributed by atoms with Crippen LogP contribution in [0.4, 0.5) is 0 Å². The monoisotopic (exact) mass is 383 g/mol. The lowest BCUT2D eigenvalue weighted by Gasteiger charge is -2.14. The lowest BCUT2D eigenvalue weighted by molar-refractivity contribution is 0.356. The molecule has 0 saturated heterocycles. The molecule has 0 amide bonds. The van der Waals surface area contributed by atoms with E-state index < -0.39 is 0 Å². The molecule has 0 aliphatic rings. The molecule has 4 rings (SSSR count). The van der Waals surface area contributed by atoms with Crippen LogP contribution in [-0.4, -0.2) is 24.2 Å². The summed E-state index contributed by atoms with van der Waals surface area (Å²) in [6.45, 7) is 2.09. The van der Waals surface area contributed by atoms with E-state index in [4.69, 9.17) is 14.5 Å². The van der Waals surface area contributed by atoms with Crippen LogP contribution in [0.1, 0.15) is 29.4 Å². The number of fused-ring (bicyclic) bond motifs is 2. The molecule has 0 unspecified atom stereocenters. The van der Waals surface area contributed by atoms with Crippen molar-refractivity contribution in [3.8, 4) is 17.6 Å². The van der Waals surface area contributed by atoms with Gasteiger partial charge in [-0.05, 0) is 41.6 Å². The summed E-state index contributed by atoms with van der Waals surface area (Å²) in [6, 6.07) is 15.9. The molecule has 2 aromatic carbocycles. The van der Waals surface area contributed by atoms with Crippen LogP contribution in [-0.2, 0) is 12.8 Å². The third-order valence-corrected chi connectivity index (χ3v) is 5.16. The summed E-state index contributed by atoms with van der Waals surface area (Å²) in [6.07, 6.45) is 3.35. The Morgan fingerprint density at radius 1 is 1.00 bits per heavy atom. The second-order valence-corrected chi connectivity index (χ2v) is 6.80. The topological polar surface area (TPSA) is 68.0 Å². The van der Waals surface area contributed by atoms with Crippen molar-refractivity contribution in [2.75, 3.05) is 14.2 Å². The third-order valence-electron chi connectivity index (χ3n) is 5.16. The lowest BCUT2D eigenvalue weighted by atomic mass is 9.99. The minimum absolute atomic E-state index is 0.583. The molecule has 0 aliphatic carbocycles. The lowest BCUT2D eigenvalue weighted by Crippen LogP contribution is -2.00. The summed E-state index contributed by atoms with van der Waals surface area (Å²) in [4.78, 5) is 9.43. The maximum Gasteiger partial charge on any atom is 0.161 e. The Morgan fingerprint density at radius 2 is 1.76 bits per heavy atom. The van der Waals surface area contributed by atoms with Crippen molar-refractivity contribution in [2.45, 2.75) is 19.8 Å². The molecular formula is C24H21N3O2. The van der Waals surface area contributed by atoms with Gasteiger partial charge in [0.1, 0.15) is 6.07 Å². The van der Waals surface area contributed by atoms with Crippen molar-refractivity contribution in [2.24, 2.45) is 0 Å². The fourth-order valence-corrected chi connectivity index (χ4v) is 3.67. The molecule has 0 fully saturated rings. The third kappa shape index (κ3) is 3.34. The number of para-hydroxylation sites is 1. The van der Waals surface area contributed by atoms with Gasteiger partial charge in [0.25, 0.3) is 0 Å². The van der Waals surface area contributed by atoms with Crippen molar-refractivity contribution in [1.29, 1.82) is 5.26 Å². The molecule has 0 atom stereocenters. The Morgan fingerprint density at radius 3 is 2.45 bits per heavy atom. The SMILES string of the molecule is CCc1ncc(Cc2ccc3cccc(C#N)c3n2)c2cc(OC)c(OC)cc12. The zero-order chi connectivity index (χ0) is 20.4. The van der Waals surface area contributed by atoms with Crippen LogP contribution < -0.4 is 9.47 Å². The van der Waals surface area contributed by atoms with Gasteiger partial charge in [-0.2, -0.15) is 5.26 Å². The molecular weight excluding hydrogens is 362 g/mol. The first kappa shape index (κ1) is 18.7. The second kappa shape index (κ2) is 7.76. The van der Waals surface area contributed by atoms with Crippen molar-refractivity contribution in [1.82, 2.24) is 9.97 Å². The van der Waals surface area contributed by atoms with Crippen LogP contribution in [0.5, 0.6) is 11.5 Å². The highest BCUT2D eigenvalue weighted by molar-refractivity contribution is 5.91. The number of rotatable bonds is 5. The largest absolute Gasteiger partial charge is 0.493 e. The van der Waals surface area contributed by atoms with E-state index in [-0.39, 0.29) is 0 Å². The first-order valence-corrected chi connectivity index (χ1v) is 9.49. The van der Waals surface area contributed by atoms with Crippen LogP contribution in [0.15, 0.2) is 48.7 Å². The van der Waals surface area contributed by atoms with E-state index in [1.165, 1.54) is 0 Å². The molecule has 0 spiro atoms. The Labute approximate surface area is 169 Å². The summed E-state index contributed by atoms with van der Waals surface area (Å²) in [5.41, 5.74) is 4.28. The van der Waals surface area contributed by atoms with Gasteiger partial charge in [0.15, 0.2) is 11.5 Å². The van der Waals surface area contributed by atoms with Gasteiger partial charge in [-0.15, -0.1) is 0 Å².